The van der Waals surface area contributed by atoms with Crippen LogP contribution in [0.25, 0.3) is 0 Å². The van der Waals surface area contributed by atoms with Crippen LogP contribution in [0.2, 0.25) is 0 Å². The van der Waals surface area contributed by atoms with Gasteiger partial charge in [0.15, 0.2) is 0 Å². The van der Waals surface area contributed by atoms with Gasteiger partial charge in [0, 0.05) is 21.1 Å². The van der Waals surface area contributed by atoms with E-state index in [9.17, 15) is 0 Å². The van der Waals surface area contributed by atoms with Crippen LogP contribution in [-0.4, -0.2) is 1.55 Å². The van der Waals surface area contributed by atoms with Crippen molar-refractivity contribution in [1.82, 2.24) is 0 Å². The summed E-state index contributed by atoms with van der Waals surface area (Å²) in [5.74, 6) is 0.406. The van der Waals surface area contributed by atoms with E-state index in [1.54, 1.807) is 6.54 Å². The summed E-state index contributed by atoms with van der Waals surface area (Å²) in [5.41, 5.74) is 11.0. The zero-order valence-corrected chi connectivity index (χ0v) is 12.2. The average Bonchev–Trinajstić information content (AvgIpc) is 1.62. The van der Waals surface area contributed by atoms with Crippen LogP contribution >= 0.6 is 45.2 Å². The molecule has 2 nitrogen and oxygen atoms in total. The van der Waals surface area contributed by atoms with E-state index in [2.05, 4.69) is 52.1 Å². The molecular weight excluding hydrogens is 537 g/mol. The predicted octanol–water partition coefficient (Wildman–Crippen LogP) is 1.61. The summed E-state index contributed by atoms with van der Waals surface area (Å²) in [6, 6.07) is 0. The van der Waals surface area contributed by atoms with Gasteiger partial charge in [0.25, 0.3) is 0 Å². The molecule has 0 saturated carbocycles. The number of nitrogens with two attached hydrogens (primary N) is 2. The molecule has 0 aliphatic carbocycles. The van der Waals surface area contributed by atoms with Crippen LogP contribution in [0, 0.1) is 12.5 Å². The molecule has 0 aromatic rings. The van der Waals surface area contributed by atoms with Crippen LogP contribution in [0.4, 0.5) is 0 Å². The summed E-state index contributed by atoms with van der Waals surface area (Å²) in [6.07, 6.45) is 0.921. The minimum Gasteiger partial charge on any atom is -0.483 e. The molecule has 1 atom stereocenters. The second-order valence-electron chi connectivity index (χ2n) is 2.13. The Labute approximate surface area is 104 Å². The smallest absolute Gasteiger partial charge is 0.118 e. The van der Waals surface area contributed by atoms with Gasteiger partial charge in [0.1, 0.15) is 1.55 Å². The third kappa shape index (κ3) is 10.1. The number of halogens is 2. The van der Waals surface area contributed by atoms with Gasteiger partial charge in [-0.25, -0.2) is 0 Å². The van der Waals surface area contributed by atoms with Gasteiger partial charge >= 0.3 is 0 Å². The minimum atomic E-state index is -0.148. The van der Waals surface area contributed by atoms with Gasteiger partial charge in [-0.3, -0.25) is 6.54 Å². The number of alkyl halides is 2. The van der Waals surface area contributed by atoms with Crippen molar-refractivity contribution in [3.05, 3.63) is 6.54 Å². The predicted molar refractivity (Wildman–Crippen MR) is 57.2 cm³/mol. The maximum atomic E-state index is 5.71. The third-order valence-corrected chi connectivity index (χ3v) is 1.80. The second-order valence-corrected chi connectivity index (χ2v) is 8.05. The molecule has 0 saturated heterocycles. The van der Waals surface area contributed by atoms with Gasteiger partial charge in [-0.2, -0.15) is 5.92 Å². The molecule has 0 amide bonds. The molecule has 0 heterocycles. The molecule has 1 unspecified atom stereocenters. The summed E-state index contributed by atoms with van der Waals surface area (Å²) in [6.45, 7) is 3.73. The number of hydrogen-bond acceptors (Lipinski definition) is 2. The van der Waals surface area contributed by atoms with Gasteiger partial charge in [0.05, 0.1) is 0 Å². The van der Waals surface area contributed by atoms with Gasteiger partial charge in [-0.05, 0) is 51.6 Å². The first-order valence-corrected chi connectivity index (χ1v) is 4.83. The van der Waals surface area contributed by atoms with Crippen LogP contribution in [0.1, 0.15) is 13.3 Å². The molecule has 0 fully saturated rings. The van der Waals surface area contributed by atoms with Crippen molar-refractivity contribution < 1.29 is 21.1 Å². The maximum Gasteiger partial charge on any atom is 0.118 e. The van der Waals surface area contributed by atoms with E-state index >= 15 is 0 Å². The summed E-state index contributed by atoms with van der Waals surface area (Å²) in [4.78, 5) is 0. The molecule has 0 bridgehead atoms. The Kier molecular flexibility index (Phi) is 9.58. The molecule has 5 heteroatoms. The summed E-state index contributed by atoms with van der Waals surface area (Å²) < 4.78 is -0.148. The molecule has 10 heavy (non-hydrogen) atoms. The Bertz CT molecular complexity index is 84.2. The second kappa shape index (κ2) is 6.57. The van der Waals surface area contributed by atoms with E-state index in [4.69, 9.17) is 11.5 Å². The molecular formula is C5H11I2N2Pt-. The normalized spacial score (nSPS) is 14.1. The van der Waals surface area contributed by atoms with Crippen molar-refractivity contribution in [2.75, 3.05) is 0 Å². The van der Waals surface area contributed by atoms with Gasteiger partial charge in [0.2, 0.25) is 0 Å². The Morgan fingerprint density at radius 2 is 2.00 bits per heavy atom. The Morgan fingerprint density at radius 1 is 1.60 bits per heavy atom. The monoisotopic (exact) mass is 548 g/mol. The summed E-state index contributed by atoms with van der Waals surface area (Å²) in [7, 11) is 0. The molecule has 4 N–H and O–H groups in total. The van der Waals surface area contributed by atoms with Crippen molar-refractivity contribution in [3.63, 3.8) is 0 Å². The largest absolute Gasteiger partial charge is 0.483 e. The van der Waals surface area contributed by atoms with Crippen LogP contribution in [0.5, 0.6) is 0 Å². The van der Waals surface area contributed by atoms with Crippen LogP contribution in [0.15, 0.2) is 0 Å². The Hall–Kier alpha value is 2.07. The molecule has 0 spiro atoms. The van der Waals surface area contributed by atoms with E-state index in [0.29, 0.717) is 5.92 Å². The zero-order chi connectivity index (χ0) is 7.49. The summed E-state index contributed by atoms with van der Waals surface area (Å²) in [5, 5.41) is 0. The maximum absolute atomic E-state index is 5.71. The first-order valence-electron chi connectivity index (χ1n) is 2.67. The third-order valence-electron chi connectivity index (χ3n) is 0.923. The van der Waals surface area contributed by atoms with E-state index in [0.717, 1.165) is 6.42 Å². The van der Waals surface area contributed by atoms with Crippen molar-refractivity contribution >= 4 is 45.2 Å². The van der Waals surface area contributed by atoms with Crippen molar-refractivity contribution in [3.8, 4) is 0 Å². The Morgan fingerprint density at radius 3 is 2.10 bits per heavy atom. The Balaban J connectivity index is 0. The SMILES string of the molecule is CC([CH-]N)CC(N)(I)I.[Pt]. The van der Waals surface area contributed by atoms with Crippen molar-refractivity contribution in [2.24, 2.45) is 17.4 Å². The minimum absolute atomic E-state index is 0. The fourth-order valence-electron chi connectivity index (χ4n) is 0.497. The molecule has 66 valence electrons. The van der Waals surface area contributed by atoms with E-state index in [1.807, 2.05) is 0 Å². The standard InChI is InChI=1S/C5H11I2N2.Pt/c1-4(3-8)2-5(6,7)9;/h3-4H,2,8-9H2,1H3;/q-1;. The topological polar surface area (TPSA) is 52.0 Å². The first kappa shape index (κ1) is 14.6. The van der Waals surface area contributed by atoms with Crippen molar-refractivity contribution in [2.45, 2.75) is 14.9 Å². The van der Waals surface area contributed by atoms with E-state index in [1.165, 1.54) is 0 Å². The molecule has 0 radical (unpaired) electrons. The molecule has 0 aromatic carbocycles. The van der Waals surface area contributed by atoms with Gasteiger partial charge < -0.3 is 11.5 Å². The van der Waals surface area contributed by atoms with E-state index < -0.39 is 0 Å². The summed E-state index contributed by atoms with van der Waals surface area (Å²) >= 11 is 4.41. The molecule has 0 aliphatic rings. The quantitative estimate of drug-likeness (QED) is 0.244. The molecule has 0 aliphatic heterocycles. The van der Waals surface area contributed by atoms with Gasteiger partial charge in [-0.15, -0.1) is 0 Å². The number of hydrogen-bond donors (Lipinski definition) is 2. The number of rotatable bonds is 3. The van der Waals surface area contributed by atoms with Crippen LogP contribution in [0.3, 0.4) is 0 Å². The fourth-order valence-corrected chi connectivity index (χ4v) is 1.89. The fraction of sp³-hybridized carbons (Fsp3) is 0.800. The first-order chi connectivity index (χ1) is 3.95. The zero-order valence-electron chi connectivity index (χ0n) is 5.59. The average molecular weight is 548 g/mol. The van der Waals surface area contributed by atoms with Gasteiger partial charge in [-0.1, -0.05) is 6.92 Å². The van der Waals surface area contributed by atoms with E-state index in [-0.39, 0.29) is 22.6 Å². The van der Waals surface area contributed by atoms with Crippen molar-refractivity contribution in [1.29, 1.82) is 0 Å². The van der Waals surface area contributed by atoms with Crippen LogP contribution < -0.4 is 11.5 Å². The molecule has 0 aromatic heterocycles. The van der Waals surface area contributed by atoms with Crippen LogP contribution in [-0.2, 0) is 21.1 Å². The molecule has 0 rings (SSSR count).